The third kappa shape index (κ3) is 4.86. The van der Waals surface area contributed by atoms with Crippen LogP contribution in [-0.4, -0.2) is 27.8 Å². The first-order valence-electron chi connectivity index (χ1n) is 7.98. The molecule has 5 heteroatoms. The van der Waals surface area contributed by atoms with Crippen molar-refractivity contribution in [2.24, 2.45) is 5.92 Å². The SMILES string of the molecule is Cc1cccc(-n2ccnc2SCC(=O)NCCC(C)C)c1C. The zero-order chi connectivity index (χ0) is 16.8. The van der Waals surface area contributed by atoms with E-state index in [9.17, 15) is 4.79 Å². The van der Waals surface area contributed by atoms with E-state index in [0.717, 1.165) is 23.8 Å². The summed E-state index contributed by atoms with van der Waals surface area (Å²) in [5.74, 6) is 1.05. The van der Waals surface area contributed by atoms with Crippen LogP contribution in [0, 0.1) is 19.8 Å². The van der Waals surface area contributed by atoms with E-state index in [-0.39, 0.29) is 5.91 Å². The van der Waals surface area contributed by atoms with Crippen molar-refractivity contribution in [3.05, 3.63) is 41.7 Å². The van der Waals surface area contributed by atoms with Crippen molar-refractivity contribution in [3.8, 4) is 5.69 Å². The van der Waals surface area contributed by atoms with Crippen LogP contribution in [0.2, 0.25) is 0 Å². The standard InChI is InChI=1S/C18H25N3OS/c1-13(2)8-9-19-17(22)12-23-18-20-10-11-21(18)16-7-5-6-14(3)15(16)4/h5-7,10-11,13H,8-9,12H2,1-4H3,(H,19,22). The smallest absolute Gasteiger partial charge is 0.230 e. The lowest BCUT2D eigenvalue weighted by atomic mass is 10.1. The molecule has 0 aliphatic rings. The number of hydrogen-bond donors (Lipinski definition) is 1. The van der Waals surface area contributed by atoms with E-state index >= 15 is 0 Å². The predicted molar refractivity (Wildman–Crippen MR) is 96.2 cm³/mol. The fourth-order valence-electron chi connectivity index (χ4n) is 2.26. The van der Waals surface area contributed by atoms with Crippen LogP contribution >= 0.6 is 11.8 Å². The maximum absolute atomic E-state index is 11.9. The van der Waals surface area contributed by atoms with Crippen molar-refractivity contribution in [2.75, 3.05) is 12.3 Å². The Labute approximate surface area is 142 Å². The lowest BCUT2D eigenvalue weighted by Gasteiger charge is -2.12. The highest BCUT2D eigenvalue weighted by Crippen LogP contribution is 2.24. The quantitative estimate of drug-likeness (QED) is 0.786. The number of carbonyl (C=O) groups is 1. The maximum atomic E-state index is 11.9. The number of thioether (sulfide) groups is 1. The van der Waals surface area contributed by atoms with Gasteiger partial charge >= 0.3 is 0 Å². The number of imidazole rings is 1. The van der Waals surface area contributed by atoms with Gasteiger partial charge in [0.25, 0.3) is 0 Å². The average molecular weight is 331 g/mol. The van der Waals surface area contributed by atoms with Crippen molar-refractivity contribution < 1.29 is 4.79 Å². The summed E-state index contributed by atoms with van der Waals surface area (Å²) in [7, 11) is 0. The number of nitrogens with zero attached hydrogens (tertiary/aromatic N) is 2. The second-order valence-electron chi connectivity index (χ2n) is 6.12. The van der Waals surface area contributed by atoms with Crippen molar-refractivity contribution >= 4 is 17.7 Å². The van der Waals surface area contributed by atoms with E-state index < -0.39 is 0 Å². The molecule has 4 nitrogen and oxygen atoms in total. The van der Waals surface area contributed by atoms with Gasteiger partial charge in [-0.25, -0.2) is 4.98 Å². The first-order valence-corrected chi connectivity index (χ1v) is 8.97. The molecule has 0 atom stereocenters. The molecule has 0 unspecified atom stereocenters. The Kier molecular flexibility index (Phi) is 6.28. The van der Waals surface area contributed by atoms with Crippen LogP contribution in [-0.2, 0) is 4.79 Å². The van der Waals surface area contributed by atoms with E-state index in [2.05, 4.69) is 50.1 Å². The Morgan fingerprint density at radius 2 is 2.13 bits per heavy atom. The molecule has 0 radical (unpaired) electrons. The van der Waals surface area contributed by atoms with Gasteiger partial charge in [0.15, 0.2) is 5.16 Å². The minimum Gasteiger partial charge on any atom is -0.355 e. The summed E-state index contributed by atoms with van der Waals surface area (Å²) in [4.78, 5) is 16.3. The van der Waals surface area contributed by atoms with Crippen LogP contribution < -0.4 is 5.32 Å². The Morgan fingerprint density at radius 3 is 2.87 bits per heavy atom. The van der Waals surface area contributed by atoms with Crippen molar-refractivity contribution in [3.63, 3.8) is 0 Å². The van der Waals surface area contributed by atoms with E-state index in [1.54, 1.807) is 6.20 Å². The van der Waals surface area contributed by atoms with Crippen molar-refractivity contribution in [1.29, 1.82) is 0 Å². The third-order valence-corrected chi connectivity index (χ3v) is 4.79. The third-order valence-electron chi connectivity index (χ3n) is 3.82. The number of rotatable bonds is 7. The number of aromatic nitrogens is 2. The normalized spacial score (nSPS) is 11.0. The zero-order valence-electron chi connectivity index (χ0n) is 14.3. The summed E-state index contributed by atoms with van der Waals surface area (Å²) in [6.45, 7) is 9.26. The van der Waals surface area contributed by atoms with Gasteiger partial charge in [0.2, 0.25) is 5.91 Å². The molecular weight excluding hydrogens is 306 g/mol. The first-order chi connectivity index (χ1) is 11.0. The van der Waals surface area contributed by atoms with Gasteiger partial charge in [0, 0.05) is 18.9 Å². The summed E-state index contributed by atoms with van der Waals surface area (Å²) in [5.41, 5.74) is 3.59. The lowest BCUT2D eigenvalue weighted by Crippen LogP contribution is -2.27. The topological polar surface area (TPSA) is 46.9 Å². The molecule has 1 N–H and O–H groups in total. The van der Waals surface area contributed by atoms with Crippen LogP contribution in [0.3, 0.4) is 0 Å². The minimum atomic E-state index is 0.0613. The molecule has 23 heavy (non-hydrogen) atoms. The molecule has 1 amide bonds. The van der Waals surface area contributed by atoms with Crippen LogP contribution in [0.4, 0.5) is 0 Å². The van der Waals surface area contributed by atoms with Gasteiger partial charge in [-0.1, -0.05) is 37.7 Å². The molecule has 1 aromatic heterocycles. The van der Waals surface area contributed by atoms with Gasteiger partial charge in [0.05, 0.1) is 11.4 Å². The molecular formula is C18H25N3OS. The van der Waals surface area contributed by atoms with E-state index in [0.29, 0.717) is 11.7 Å². The molecule has 0 fully saturated rings. The number of benzene rings is 1. The summed E-state index contributed by atoms with van der Waals surface area (Å²) < 4.78 is 2.05. The Morgan fingerprint density at radius 1 is 1.35 bits per heavy atom. The molecule has 0 aliphatic heterocycles. The number of aryl methyl sites for hydroxylation is 1. The lowest BCUT2D eigenvalue weighted by molar-refractivity contribution is -0.118. The summed E-state index contributed by atoms with van der Waals surface area (Å²) >= 11 is 1.47. The molecule has 0 aliphatic carbocycles. The maximum Gasteiger partial charge on any atom is 0.230 e. The number of carbonyl (C=O) groups excluding carboxylic acids is 1. The Bertz CT molecular complexity index is 664. The highest BCUT2D eigenvalue weighted by molar-refractivity contribution is 7.99. The zero-order valence-corrected chi connectivity index (χ0v) is 15.1. The highest BCUT2D eigenvalue weighted by Gasteiger charge is 2.11. The van der Waals surface area contributed by atoms with E-state index in [1.807, 2.05) is 16.8 Å². The molecule has 1 heterocycles. The monoisotopic (exact) mass is 331 g/mol. The summed E-state index contributed by atoms with van der Waals surface area (Å²) in [5, 5.41) is 3.80. The molecule has 2 aromatic rings. The summed E-state index contributed by atoms with van der Waals surface area (Å²) in [6.07, 6.45) is 4.73. The number of hydrogen-bond acceptors (Lipinski definition) is 3. The van der Waals surface area contributed by atoms with Gasteiger partial charge in [0.1, 0.15) is 0 Å². The average Bonchev–Trinajstić information content (AvgIpc) is 2.96. The molecule has 1 aromatic carbocycles. The largest absolute Gasteiger partial charge is 0.355 e. The highest BCUT2D eigenvalue weighted by atomic mass is 32.2. The molecule has 0 bridgehead atoms. The van der Waals surface area contributed by atoms with Crippen LogP contribution in [0.15, 0.2) is 35.7 Å². The van der Waals surface area contributed by atoms with Crippen LogP contribution in [0.5, 0.6) is 0 Å². The predicted octanol–water partition coefficient (Wildman–Crippen LogP) is 3.74. The molecule has 2 rings (SSSR count). The van der Waals surface area contributed by atoms with Crippen LogP contribution in [0.25, 0.3) is 5.69 Å². The Hall–Kier alpha value is -1.75. The van der Waals surface area contributed by atoms with E-state index in [4.69, 9.17) is 0 Å². The number of amides is 1. The second-order valence-corrected chi connectivity index (χ2v) is 7.06. The molecule has 0 spiro atoms. The van der Waals surface area contributed by atoms with Crippen molar-refractivity contribution in [2.45, 2.75) is 39.3 Å². The minimum absolute atomic E-state index is 0.0613. The second kappa shape index (κ2) is 8.20. The van der Waals surface area contributed by atoms with Gasteiger partial charge in [-0.15, -0.1) is 0 Å². The molecule has 0 saturated carbocycles. The van der Waals surface area contributed by atoms with Crippen LogP contribution in [0.1, 0.15) is 31.4 Å². The molecule has 124 valence electrons. The van der Waals surface area contributed by atoms with Gasteiger partial charge in [-0.2, -0.15) is 0 Å². The van der Waals surface area contributed by atoms with Crippen molar-refractivity contribution in [1.82, 2.24) is 14.9 Å². The first kappa shape index (κ1) is 17.6. The Balaban J connectivity index is 1.99. The van der Waals surface area contributed by atoms with Gasteiger partial charge < -0.3 is 5.32 Å². The van der Waals surface area contributed by atoms with E-state index in [1.165, 1.54) is 22.9 Å². The fraction of sp³-hybridized carbons (Fsp3) is 0.444. The van der Waals surface area contributed by atoms with Gasteiger partial charge in [-0.05, 0) is 43.4 Å². The fourth-order valence-corrected chi connectivity index (χ4v) is 3.05. The number of nitrogens with one attached hydrogen (secondary N) is 1. The summed E-state index contributed by atoms with van der Waals surface area (Å²) in [6, 6.07) is 6.23. The van der Waals surface area contributed by atoms with Gasteiger partial charge in [-0.3, -0.25) is 9.36 Å². The molecule has 0 saturated heterocycles.